The van der Waals surface area contributed by atoms with Gasteiger partial charge >= 0.3 is 0 Å². The van der Waals surface area contributed by atoms with Crippen molar-refractivity contribution in [2.45, 2.75) is 20.0 Å². The lowest BCUT2D eigenvalue weighted by molar-refractivity contribution is -0.116. The molecule has 1 N–H and O–H groups in total. The average Bonchev–Trinajstić information content (AvgIpc) is 3.12. The van der Waals surface area contributed by atoms with Gasteiger partial charge in [-0.1, -0.05) is 40.9 Å². The lowest BCUT2D eigenvalue weighted by Gasteiger charge is -2.05. The molecule has 0 spiro atoms. The first kappa shape index (κ1) is 17.8. The second kappa shape index (κ2) is 7.47. The van der Waals surface area contributed by atoms with E-state index in [1.54, 1.807) is 36.1 Å². The molecule has 3 aromatic rings. The molecular formula is C16H14Cl3N5O. The summed E-state index contributed by atoms with van der Waals surface area (Å²) in [4.78, 5) is 12.1. The fourth-order valence-corrected chi connectivity index (χ4v) is 2.72. The van der Waals surface area contributed by atoms with Crippen molar-refractivity contribution in [3.05, 3.63) is 63.1 Å². The van der Waals surface area contributed by atoms with Gasteiger partial charge in [-0.25, -0.2) is 0 Å². The van der Waals surface area contributed by atoms with Gasteiger partial charge in [-0.05, 0) is 24.6 Å². The highest BCUT2D eigenvalue weighted by Crippen LogP contribution is 2.23. The van der Waals surface area contributed by atoms with Crippen LogP contribution in [-0.4, -0.2) is 25.5 Å². The summed E-state index contributed by atoms with van der Waals surface area (Å²) < 4.78 is 3.24. The van der Waals surface area contributed by atoms with Crippen LogP contribution < -0.4 is 5.32 Å². The Morgan fingerprint density at radius 2 is 1.92 bits per heavy atom. The molecule has 9 heteroatoms. The summed E-state index contributed by atoms with van der Waals surface area (Å²) in [5.74, 6) is -0.211. The van der Waals surface area contributed by atoms with Gasteiger partial charge in [0, 0.05) is 6.20 Å². The van der Waals surface area contributed by atoms with Crippen molar-refractivity contribution in [3.63, 3.8) is 0 Å². The molecule has 0 fully saturated rings. The number of rotatable bonds is 5. The van der Waals surface area contributed by atoms with Crippen molar-refractivity contribution in [2.24, 2.45) is 0 Å². The Balaban J connectivity index is 1.62. The minimum Gasteiger partial charge on any atom is -0.322 e. The van der Waals surface area contributed by atoms with E-state index in [0.717, 1.165) is 11.3 Å². The fourth-order valence-electron chi connectivity index (χ4n) is 2.26. The van der Waals surface area contributed by atoms with E-state index in [1.807, 2.05) is 6.07 Å². The predicted molar refractivity (Wildman–Crippen MR) is 98.4 cm³/mol. The summed E-state index contributed by atoms with van der Waals surface area (Å²) in [7, 11) is 0. The maximum atomic E-state index is 12.1. The molecule has 0 bridgehead atoms. The van der Waals surface area contributed by atoms with Crippen LogP contribution in [0.5, 0.6) is 0 Å². The maximum Gasteiger partial charge on any atom is 0.246 e. The first-order valence-corrected chi connectivity index (χ1v) is 8.50. The Kier molecular flexibility index (Phi) is 5.32. The minimum absolute atomic E-state index is 0.0799. The zero-order chi connectivity index (χ0) is 18.0. The number of benzene rings is 1. The van der Waals surface area contributed by atoms with E-state index in [2.05, 4.69) is 15.5 Å². The summed E-state index contributed by atoms with van der Waals surface area (Å²) >= 11 is 17.8. The molecule has 0 aliphatic rings. The van der Waals surface area contributed by atoms with Crippen molar-refractivity contribution in [3.8, 4) is 0 Å². The van der Waals surface area contributed by atoms with Crippen molar-refractivity contribution in [1.29, 1.82) is 0 Å². The van der Waals surface area contributed by atoms with Crippen LogP contribution in [0.1, 0.15) is 11.3 Å². The molecular weight excluding hydrogens is 385 g/mol. The van der Waals surface area contributed by atoms with Crippen LogP contribution in [0, 0.1) is 6.92 Å². The molecule has 2 heterocycles. The van der Waals surface area contributed by atoms with Crippen LogP contribution in [0.3, 0.4) is 0 Å². The lowest BCUT2D eigenvalue weighted by Crippen LogP contribution is -2.20. The van der Waals surface area contributed by atoms with Crippen molar-refractivity contribution in [1.82, 2.24) is 19.6 Å². The summed E-state index contributed by atoms with van der Waals surface area (Å²) in [5, 5.41) is 12.6. The fraction of sp³-hybridized carbons (Fsp3) is 0.188. The molecule has 0 aliphatic heterocycles. The number of halogens is 3. The molecule has 130 valence electrons. The smallest absolute Gasteiger partial charge is 0.246 e. The normalized spacial score (nSPS) is 10.9. The molecule has 6 nitrogen and oxygen atoms in total. The third-order valence-electron chi connectivity index (χ3n) is 3.58. The van der Waals surface area contributed by atoms with Gasteiger partial charge in [0.1, 0.15) is 6.54 Å². The summed E-state index contributed by atoms with van der Waals surface area (Å²) in [6.45, 7) is 2.40. The van der Waals surface area contributed by atoms with Crippen LogP contribution in [0.15, 0.2) is 36.8 Å². The Morgan fingerprint density at radius 1 is 1.12 bits per heavy atom. The van der Waals surface area contributed by atoms with Gasteiger partial charge in [-0.15, -0.1) is 0 Å². The monoisotopic (exact) mass is 397 g/mol. The molecule has 2 aromatic heterocycles. The van der Waals surface area contributed by atoms with Gasteiger partial charge < -0.3 is 5.32 Å². The first-order valence-electron chi connectivity index (χ1n) is 7.36. The number of carbonyl (C=O) groups is 1. The van der Waals surface area contributed by atoms with Crippen LogP contribution in [0.2, 0.25) is 15.1 Å². The van der Waals surface area contributed by atoms with E-state index in [0.29, 0.717) is 27.3 Å². The van der Waals surface area contributed by atoms with Crippen LogP contribution >= 0.6 is 34.8 Å². The number of aromatic nitrogens is 4. The molecule has 0 radical (unpaired) electrons. The molecule has 0 unspecified atom stereocenters. The molecule has 0 saturated carbocycles. The highest BCUT2D eigenvalue weighted by atomic mass is 35.5. The Labute approximate surface area is 159 Å². The van der Waals surface area contributed by atoms with E-state index in [1.165, 1.54) is 10.9 Å². The molecule has 25 heavy (non-hydrogen) atoms. The quantitative estimate of drug-likeness (QED) is 0.705. The predicted octanol–water partition coefficient (Wildman–Crippen LogP) is 4.04. The summed E-state index contributed by atoms with van der Waals surface area (Å²) in [6, 6.07) is 5.40. The Hall–Kier alpha value is -2.02. The SMILES string of the molecule is Cc1c(Cl)cnn1CC(=O)Nc1cnn(Cc2ccc(Cl)c(Cl)c2)c1. The Morgan fingerprint density at radius 3 is 2.60 bits per heavy atom. The number of amides is 1. The van der Waals surface area contributed by atoms with E-state index in [-0.39, 0.29) is 12.5 Å². The third kappa shape index (κ3) is 4.34. The Bertz CT molecular complexity index is 918. The zero-order valence-electron chi connectivity index (χ0n) is 13.2. The van der Waals surface area contributed by atoms with E-state index in [4.69, 9.17) is 34.8 Å². The second-order valence-electron chi connectivity index (χ2n) is 5.46. The average molecular weight is 399 g/mol. The molecule has 1 amide bonds. The minimum atomic E-state index is -0.211. The van der Waals surface area contributed by atoms with Gasteiger partial charge in [0.25, 0.3) is 0 Å². The molecule has 1 aromatic carbocycles. The van der Waals surface area contributed by atoms with Crippen molar-refractivity contribution in [2.75, 3.05) is 5.32 Å². The standard InChI is InChI=1S/C16H14Cl3N5O/c1-10-15(19)6-21-24(10)9-16(25)22-12-5-20-23(8-12)7-11-2-3-13(17)14(18)4-11/h2-6,8H,7,9H2,1H3,(H,22,25). The van der Waals surface area contributed by atoms with E-state index >= 15 is 0 Å². The van der Waals surface area contributed by atoms with Crippen LogP contribution in [0.4, 0.5) is 5.69 Å². The third-order valence-corrected chi connectivity index (χ3v) is 4.69. The van der Waals surface area contributed by atoms with Crippen LogP contribution in [-0.2, 0) is 17.9 Å². The summed E-state index contributed by atoms with van der Waals surface area (Å²) in [6.07, 6.45) is 4.83. The van der Waals surface area contributed by atoms with Crippen molar-refractivity contribution >= 4 is 46.4 Å². The number of hydrogen-bond donors (Lipinski definition) is 1. The van der Waals surface area contributed by atoms with Gasteiger partial charge in [0.15, 0.2) is 0 Å². The second-order valence-corrected chi connectivity index (χ2v) is 6.68. The number of nitrogens with zero attached hydrogens (tertiary/aromatic N) is 4. The molecule has 0 saturated heterocycles. The molecule has 0 aliphatic carbocycles. The van der Waals surface area contributed by atoms with Crippen molar-refractivity contribution < 1.29 is 4.79 Å². The highest BCUT2D eigenvalue weighted by Gasteiger charge is 2.10. The van der Waals surface area contributed by atoms with Gasteiger partial charge in [-0.2, -0.15) is 10.2 Å². The van der Waals surface area contributed by atoms with Gasteiger partial charge in [0.05, 0.1) is 45.4 Å². The molecule has 0 atom stereocenters. The van der Waals surface area contributed by atoms with E-state index < -0.39 is 0 Å². The number of hydrogen-bond acceptors (Lipinski definition) is 3. The van der Waals surface area contributed by atoms with E-state index in [9.17, 15) is 4.79 Å². The first-order chi connectivity index (χ1) is 11.9. The molecule has 3 rings (SSSR count). The van der Waals surface area contributed by atoms with Gasteiger partial charge in [-0.3, -0.25) is 14.2 Å². The largest absolute Gasteiger partial charge is 0.322 e. The van der Waals surface area contributed by atoms with Gasteiger partial charge in [0.2, 0.25) is 5.91 Å². The highest BCUT2D eigenvalue weighted by molar-refractivity contribution is 6.42. The topological polar surface area (TPSA) is 64.7 Å². The number of anilines is 1. The zero-order valence-corrected chi connectivity index (χ0v) is 15.5. The lowest BCUT2D eigenvalue weighted by atomic mass is 10.2. The number of nitrogens with one attached hydrogen (secondary N) is 1. The maximum absolute atomic E-state index is 12.1. The summed E-state index contributed by atoms with van der Waals surface area (Å²) in [5.41, 5.74) is 2.30. The number of carbonyl (C=O) groups excluding carboxylic acids is 1. The van der Waals surface area contributed by atoms with Crippen LogP contribution in [0.25, 0.3) is 0 Å².